The summed E-state index contributed by atoms with van der Waals surface area (Å²) < 4.78 is 45.4. The number of Topliss-reactive ketones (excluding diaryl/α,β-unsaturated/α-hetero) is 2. The van der Waals surface area contributed by atoms with Crippen LogP contribution in [0.25, 0.3) is 10.1 Å². The zero-order valence-electron chi connectivity index (χ0n) is 36.6. The van der Waals surface area contributed by atoms with Crippen LogP contribution < -0.4 is 0 Å². The van der Waals surface area contributed by atoms with E-state index in [1.807, 2.05) is 26.0 Å². The molecule has 4 atom stereocenters. The third-order valence-corrected chi connectivity index (χ3v) is 13.1. The maximum Gasteiger partial charge on any atom is 0.264 e. The number of likely N-dealkylation sites (tertiary alicyclic amines) is 2. The Morgan fingerprint density at radius 2 is 1.13 bits per heavy atom. The van der Waals surface area contributed by atoms with E-state index in [9.17, 15) is 36.0 Å². The van der Waals surface area contributed by atoms with Crippen molar-refractivity contribution in [1.29, 1.82) is 0 Å². The van der Waals surface area contributed by atoms with Gasteiger partial charge in [-0.15, -0.1) is 0 Å². The topological polar surface area (TPSA) is 172 Å². The van der Waals surface area contributed by atoms with Crippen LogP contribution in [0.3, 0.4) is 0 Å². The quantitative estimate of drug-likeness (QED) is 0.0791. The second-order valence-electron chi connectivity index (χ2n) is 16.8. The summed E-state index contributed by atoms with van der Waals surface area (Å²) in [4.78, 5) is 54.1. The van der Waals surface area contributed by atoms with Gasteiger partial charge in [0.15, 0.2) is 11.6 Å². The Morgan fingerprint density at radius 3 is 1.49 bits per heavy atom. The number of benzene rings is 2. The highest BCUT2D eigenvalue weighted by Gasteiger charge is 2.39. The number of amides is 2. The molecule has 2 heterocycles. The van der Waals surface area contributed by atoms with Crippen molar-refractivity contribution in [1.82, 2.24) is 9.80 Å². The van der Waals surface area contributed by atoms with Gasteiger partial charge in [0.1, 0.15) is 0 Å². The molecule has 12 nitrogen and oxygen atoms in total. The monoisotopic (exact) mass is 970 g/mol. The van der Waals surface area contributed by atoms with E-state index in [0.29, 0.717) is 58.0 Å². The molecule has 2 amide bonds. The van der Waals surface area contributed by atoms with Gasteiger partial charge in [0.25, 0.3) is 10.1 Å². The number of hydrogen-bond acceptors (Lipinski definition) is 10. The van der Waals surface area contributed by atoms with Gasteiger partial charge in [0.2, 0.25) is 20.9 Å². The number of hydrogen-bond donors (Lipinski definition) is 1. The standard InChI is InChI=1S/C23H30ClNO5S.C22H28ClNO3.CH3ClO2S/c1-16(5-3-4-14-30-31(2,28)29)23(27)25-13-12-21(25)22(26)11-7-17-6-8-18-9-10-20(24)19(18)15-17;1-15(4-2-3-13-25)22(27)24-12-11-20(24)21(26)10-6-16-5-7-17-8-9-19(23)18(17)14-16;1-5(2,3)4/h6,8,10,15-16,21H,3-5,7,9,11-14H2,1-2H3;5,7,9,14-15,20,25H,2-4,6,8,10-13H2,1H3;1H3/t16-,21+;15-,20+;/m11./s1. The molecule has 0 unspecified atom stereocenters. The second-order valence-corrected chi connectivity index (χ2v) is 22.3. The first kappa shape index (κ1) is 52.5. The molecule has 0 aromatic heterocycles. The molecule has 0 saturated carbocycles. The van der Waals surface area contributed by atoms with Crippen LogP contribution in [0.4, 0.5) is 0 Å². The zero-order valence-corrected chi connectivity index (χ0v) is 40.5. The molecule has 2 aliphatic carbocycles. The molecule has 0 bridgehead atoms. The largest absolute Gasteiger partial charge is 0.396 e. The number of unbranched alkanes of at least 4 members (excludes halogenated alkanes) is 2. The molecular weight excluding hydrogens is 911 g/mol. The minimum absolute atomic E-state index is 0.00285. The number of halogens is 3. The van der Waals surface area contributed by atoms with E-state index >= 15 is 0 Å². The van der Waals surface area contributed by atoms with Crippen molar-refractivity contribution >= 4 is 86.5 Å². The molecule has 6 rings (SSSR count). The van der Waals surface area contributed by atoms with Crippen molar-refractivity contribution in [3.8, 4) is 0 Å². The molecule has 2 saturated heterocycles. The molecule has 1 N–H and O–H groups in total. The van der Waals surface area contributed by atoms with E-state index in [4.69, 9.17) is 32.5 Å². The maximum atomic E-state index is 12.7. The Balaban J connectivity index is 0.000000252. The van der Waals surface area contributed by atoms with Crippen LogP contribution in [0.2, 0.25) is 0 Å². The molecule has 2 aliphatic heterocycles. The van der Waals surface area contributed by atoms with Crippen molar-refractivity contribution in [3.05, 3.63) is 81.9 Å². The first-order chi connectivity index (χ1) is 29.7. The molecule has 0 spiro atoms. The number of rotatable bonds is 20. The number of carbonyl (C=O) groups excluding carboxylic acids is 4. The fourth-order valence-electron chi connectivity index (χ4n) is 7.96. The van der Waals surface area contributed by atoms with Crippen molar-refractivity contribution in [2.45, 2.75) is 116 Å². The van der Waals surface area contributed by atoms with Crippen LogP contribution in [0, 0.1) is 11.8 Å². The minimum atomic E-state index is -3.42. The summed E-state index contributed by atoms with van der Waals surface area (Å²) in [6.45, 7) is 5.38. The van der Waals surface area contributed by atoms with Crippen molar-refractivity contribution in [3.63, 3.8) is 0 Å². The highest BCUT2D eigenvalue weighted by Crippen LogP contribution is 2.33. The Bertz CT molecular complexity index is 2240. The van der Waals surface area contributed by atoms with Gasteiger partial charge in [-0.3, -0.25) is 23.4 Å². The molecule has 2 aromatic carbocycles. The van der Waals surface area contributed by atoms with Crippen LogP contribution in [-0.4, -0.2) is 106 Å². The highest BCUT2D eigenvalue weighted by atomic mass is 35.7. The van der Waals surface area contributed by atoms with E-state index in [0.717, 1.165) is 89.8 Å². The third-order valence-electron chi connectivity index (χ3n) is 11.8. The van der Waals surface area contributed by atoms with E-state index in [1.54, 1.807) is 9.80 Å². The lowest BCUT2D eigenvalue weighted by molar-refractivity contribution is -0.149. The third kappa shape index (κ3) is 16.7. The van der Waals surface area contributed by atoms with Gasteiger partial charge < -0.3 is 14.9 Å². The number of aryl methyl sites for hydroxylation is 2. The molecule has 2 fully saturated rings. The summed E-state index contributed by atoms with van der Waals surface area (Å²) in [5.41, 5.74) is 6.79. The maximum absolute atomic E-state index is 12.7. The number of aliphatic hydroxyl groups excluding tert-OH is 1. The molecule has 0 radical (unpaired) electrons. The van der Waals surface area contributed by atoms with E-state index in [1.165, 1.54) is 11.1 Å². The first-order valence-electron chi connectivity index (χ1n) is 21.6. The zero-order chi connectivity index (χ0) is 46.5. The Morgan fingerprint density at radius 1 is 0.714 bits per heavy atom. The van der Waals surface area contributed by atoms with Crippen molar-refractivity contribution < 1.29 is 45.3 Å². The Labute approximate surface area is 387 Å². The molecule has 4 aliphatic rings. The van der Waals surface area contributed by atoms with Crippen molar-refractivity contribution in [2.24, 2.45) is 11.8 Å². The van der Waals surface area contributed by atoms with Gasteiger partial charge in [-0.2, -0.15) is 8.42 Å². The summed E-state index contributed by atoms with van der Waals surface area (Å²) in [6, 6.07) is 11.9. The van der Waals surface area contributed by atoms with Gasteiger partial charge in [0.05, 0.1) is 31.2 Å². The minimum Gasteiger partial charge on any atom is -0.396 e. The number of ketones is 2. The van der Waals surface area contributed by atoms with Crippen LogP contribution in [-0.2, 0) is 68.2 Å². The summed E-state index contributed by atoms with van der Waals surface area (Å²) in [5, 5.41) is 10.4. The molecule has 63 heavy (non-hydrogen) atoms. The van der Waals surface area contributed by atoms with E-state index in [-0.39, 0.29) is 60.5 Å². The normalized spacial score (nSPS) is 18.5. The van der Waals surface area contributed by atoms with Crippen LogP contribution >= 0.6 is 33.9 Å². The number of fused-ring (bicyclic) bond motifs is 2. The predicted molar refractivity (Wildman–Crippen MR) is 249 cm³/mol. The van der Waals surface area contributed by atoms with E-state index < -0.39 is 19.2 Å². The highest BCUT2D eigenvalue weighted by molar-refractivity contribution is 8.13. The van der Waals surface area contributed by atoms with Crippen LogP contribution in [0.15, 0.2) is 48.6 Å². The summed E-state index contributed by atoms with van der Waals surface area (Å²) in [7, 11) is -2.11. The van der Waals surface area contributed by atoms with Gasteiger partial charge in [0, 0.05) is 65.1 Å². The van der Waals surface area contributed by atoms with Crippen molar-refractivity contribution in [2.75, 3.05) is 38.8 Å². The SMILES string of the molecule is CS(=O)(=O)Cl.C[C@H](CCCCO)C(=O)N1CC[C@H]1C(=O)CCc1ccc2c(c1)C(Cl)=CC2.C[C@H](CCCCOS(C)(=O)=O)C(=O)N1CC[C@H]1C(=O)CCc1ccc2c(c1)C(Cl)=CC2. The molecular formula is C46H61Cl3N2O10S2. The van der Waals surface area contributed by atoms with Gasteiger partial charge in [-0.25, -0.2) is 8.42 Å². The van der Waals surface area contributed by atoms with E-state index in [2.05, 4.69) is 47.1 Å². The fraction of sp³-hybridized carbons (Fsp3) is 0.565. The molecule has 2 aromatic rings. The number of aliphatic hydroxyl groups is 1. The Hall–Kier alpha value is -3.11. The number of carbonyl (C=O) groups is 4. The average Bonchev–Trinajstić information content (AvgIpc) is 3.74. The summed E-state index contributed by atoms with van der Waals surface area (Å²) >= 11 is 12.5. The second kappa shape index (κ2) is 24.4. The first-order valence-corrected chi connectivity index (χ1v) is 26.9. The summed E-state index contributed by atoms with van der Waals surface area (Å²) in [6.07, 6.45) is 15.6. The van der Waals surface area contributed by atoms with Gasteiger partial charge in [-0.1, -0.05) is 86.3 Å². The lowest BCUT2D eigenvalue weighted by atomic mass is 9.91. The lowest BCUT2D eigenvalue weighted by Crippen LogP contribution is -2.56. The predicted octanol–water partition coefficient (Wildman–Crippen LogP) is 7.62. The fourth-order valence-corrected chi connectivity index (χ4v) is 8.88. The van der Waals surface area contributed by atoms with Gasteiger partial charge >= 0.3 is 0 Å². The number of allylic oxidation sites excluding steroid dienone is 2. The molecule has 348 valence electrons. The smallest absolute Gasteiger partial charge is 0.264 e. The number of nitrogens with zero attached hydrogens (tertiary/aromatic N) is 2. The lowest BCUT2D eigenvalue weighted by Gasteiger charge is -2.41. The average molecular weight is 972 g/mol. The molecule has 17 heteroatoms. The summed E-state index contributed by atoms with van der Waals surface area (Å²) in [5.74, 6) is 0.0575. The van der Waals surface area contributed by atoms with Crippen LogP contribution in [0.1, 0.15) is 111 Å². The Kier molecular flexibility index (Phi) is 20.4. The van der Waals surface area contributed by atoms with Crippen LogP contribution in [0.5, 0.6) is 0 Å². The van der Waals surface area contributed by atoms with Gasteiger partial charge in [-0.05, 0) is 110 Å².